The summed E-state index contributed by atoms with van der Waals surface area (Å²) in [5, 5.41) is 19.4. The average molecular weight is 237 g/mol. The molecule has 0 unspecified atom stereocenters. The minimum atomic E-state index is -0.312. The largest absolute Gasteiger partial charge is 0.508 e. The molecule has 1 aromatic carbocycles. The average Bonchev–Trinajstić information content (AvgIpc) is 2.66. The van der Waals surface area contributed by atoms with Crippen molar-refractivity contribution in [1.82, 2.24) is 0 Å². The van der Waals surface area contributed by atoms with Crippen LogP contribution in [0.3, 0.4) is 0 Å². The molecule has 0 radical (unpaired) electrons. The van der Waals surface area contributed by atoms with Crippen molar-refractivity contribution in [1.29, 1.82) is 0 Å². The van der Waals surface area contributed by atoms with Gasteiger partial charge in [0, 0.05) is 17.4 Å². The summed E-state index contributed by atoms with van der Waals surface area (Å²) >= 11 is 1.44. The summed E-state index contributed by atoms with van der Waals surface area (Å²) in [6.07, 6.45) is 0. The van der Waals surface area contributed by atoms with Gasteiger partial charge in [-0.2, -0.15) is 0 Å². The van der Waals surface area contributed by atoms with E-state index in [0.29, 0.717) is 16.4 Å². The van der Waals surface area contributed by atoms with Crippen LogP contribution < -0.4 is 0 Å². The van der Waals surface area contributed by atoms with Crippen LogP contribution in [0, 0.1) is 0 Å². The first-order valence-electron chi connectivity index (χ1n) is 4.81. The monoisotopic (exact) mass is 237 g/mol. The van der Waals surface area contributed by atoms with E-state index in [4.69, 9.17) is 5.11 Å². The van der Waals surface area contributed by atoms with E-state index in [9.17, 15) is 9.90 Å². The van der Waals surface area contributed by atoms with E-state index in [0.717, 1.165) is 0 Å². The molecule has 0 saturated carbocycles. The number of phenols is 2. The smallest absolute Gasteiger partial charge is 0.155 e. The zero-order chi connectivity index (χ0) is 11.7. The first-order valence-corrected chi connectivity index (χ1v) is 5.80. The summed E-state index contributed by atoms with van der Waals surface area (Å²) in [5.74, 6) is 0.634. The molecule has 0 saturated heterocycles. The first kappa shape index (κ1) is 11.0. The number of benzene rings is 1. The molecule has 1 aliphatic rings. The van der Waals surface area contributed by atoms with Crippen LogP contribution >= 0.6 is 11.8 Å². The maximum atomic E-state index is 11.1. The standard InChI is InChI=1S/C11H11NO3S/c1-6(13)9-5-16-11(12-9)8-3-2-7(14)4-10(8)15/h2-4,9,14-15H,5H2,1H3/t9-/m1/s1. The Kier molecular flexibility index (Phi) is 2.87. The summed E-state index contributed by atoms with van der Waals surface area (Å²) in [6.45, 7) is 1.51. The third kappa shape index (κ3) is 2.04. The molecule has 0 aromatic heterocycles. The maximum absolute atomic E-state index is 11.1. The van der Waals surface area contributed by atoms with E-state index in [-0.39, 0.29) is 23.3 Å². The van der Waals surface area contributed by atoms with Crippen molar-refractivity contribution >= 4 is 22.6 Å². The fraction of sp³-hybridized carbons (Fsp3) is 0.273. The molecule has 2 N–H and O–H groups in total. The second kappa shape index (κ2) is 4.17. The first-order chi connectivity index (χ1) is 7.58. The van der Waals surface area contributed by atoms with Gasteiger partial charge < -0.3 is 10.2 Å². The Bertz CT molecular complexity index is 470. The molecule has 5 heteroatoms. The predicted octanol–water partition coefficient (Wildman–Crippen LogP) is 1.55. The Labute approximate surface area is 97.0 Å². The Morgan fingerprint density at radius 2 is 2.25 bits per heavy atom. The van der Waals surface area contributed by atoms with E-state index in [1.807, 2.05) is 0 Å². The number of Topliss-reactive ketones (excluding diaryl/α,β-unsaturated/α-hetero) is 1. The normalized spacial score (nSPS) is 19.6. The van der Waals surface area contributed by atoms with Crippen molar-refractivity contribution < 1.29 is 15.0 Å². The minimum absolute atomic E-state index is 0.00737. The predicted molar refractivity (Wildman–Crippen MR) is 63.2 cm³/mol. The Morgan fingerprint density at radius 1 is 1.50 bits per heavy atom. The number of ketones is 1. The number of carbonyl (C=O) groups is 1. The third-order valence-corrected chi connectivity index (χ3v) is 3.41. The Hall–Kier alpha value is -1.49. The molecule has 2 rings (SSSR count). The summed E-state index contributed by atoms with van der Waals surface area (Å²) in [6, 6.07) is 4.03. The van der Waals surface area contributed by atoms with E-state index < -0.39 is 0 Å². The molecular weight excluding hydrogens is 226 g/mol. The molecule has 0 bridgehead atoms. The topological polar surface area (TPSA) is 69.9 Å². The summed E-state index contributed by atoms with van der Waals surface area (Å²) in [5.41, 5.74) is 0.562. The summed E-state index contributed by atoms with van der Waals surface area (Å²) < 4.78 is 0. The van der Waals surface area contributed by atoms with Gasteiger partial charge in [0.15, 0.2) is 5.78 Å². The number of nitrogens with zero attached hydrogens (tertiary/aromatic N) is 1. The molecule has 16 heavy (non-hydrogen) atoms. The Morgan fingerprint density at radius 3 is 2.81 bits per heavy atom. The summed E-state index contributed by atoms with van der Waals surface area (Å²) in [4.78, 5) is 15.4. The van der Waals surface area contributed by atoms with Gasteiger partial charge in [0.1, 0.15) is 22.6 Å². The number of aliphatic imine (C=N–C) groups is 1. The van der Waals surface area contributed by atoms with Crippen LogP contribution in [0.25, 0.3) is 0 Å². The number of hydrogen-bond acceptors (Lipinski definition) is 5. The van der Waals surface area contributed by atoms with Gasteiger partial charge in [-0.15, -0.1) is 11.8 Å². The van der Waals surface area contributed by atoms with Gasteiger partial charge in [0.2, 0.25) is 0 Å². The van der Waals surface area contributed by atoms with Gasteiger partial charge >= 0.3 is 0 Å². The lowest BCUT2D eigenvalue weighted by Gasteiger charge is -2.03. The highest BCUT2D eigenvalue weighted by atomic mass is 32.2. The van der Waals surface area contributed by atoms with E-state index in [1.54, 1.807) is 6.07 Å². The SMILES string of the molecule is CC(=O)[C@H]1CSC(c2ccc(O)cc2O)=N1. The highest BCUT2D eigenvalue weighted by Gasteiger charge is 2.24. The van der Waals surface area contributed by atoms with E-state index >= 15 is 0 Å². The van der Waals surface area contributed by atoms with E-state index in [1.165, 1.54) is 30.8 Å². The van der Waals surface area contributed by atoms with Crippen molar-refractivity contribution in [2.24, 2.45) is 4.99 Å². The molecule has 0 fully saturated rings. The molecular formula is C11H11NO3S. The van der Waals surface area contributed by atoms with Gasteiger partial charge in [0.25, 0.3) is 0 Å². The number of carbonyl (C=O) groups excluding carboxylic acids is 1. The molecule has 1 aliphatic heterocycles. The fourth-order valence-corrected chi connectivity index (χ4v) is 2.59. The molecule has 1 heterocycles. The number of hydrogen-bond donors (Lipinski definition) is 2. The third-order valence-electron chi connectivity index (χ3n) is 2.33. The number of rotatable bonds is 2. The molecule has 0 spiro atoms. The van der Waals surface area contributed by atoms with Crippen LogP contribution in [0.4, 0.5) is 0 Å². The van der Waals surface area contributed by atoms with Crippen LogP contribution in [0.5, 0.6) is 11.5 Å². The highest BCUT2D eigenvalue weighted by molar-refractivity contribution is 8.14. The molecule has 0 aliphatic carbocycles. The van der Waals surface area contributed by atoms with Crippen LogP contribution in [0.1, 0.15) is 12.5 Å². The van der Waals surface area contributed by atoms with Crippen molar-refractivity contribution in [3.05, 3.63) is 23.8 Å². The van der Waals surface area contributed by atoms with E-state index in [2.05, 4.69) is 4.99 Å². The number of aromatic hydroxyl groups is 2. The molecule has 84 valence electrons. The van der Waals surface area contributed by atoms with Crippen molar-refractivity contribution in [2.45, 2.75) is 13.0 Å². The fourth-order valence-electron chi connectivity index (χ4n) is 1.43. The minimum Gasteiger partial charge on any atom is -0.508 e. The quantitative estimate of drug-likeness (QED) is 0.818. The van der Waals surface area contributed by atoms with Crippen molar-refractivity contribution in [3.8, 4) is 11.5 Å². The van der Waals surface area contributed by atoms with Crippen LogP contribution in [-0.4, -0.2) is 32.8 Å². The van der Waals surface area contributed by atoms with Crippen molar-refractivity contribution in [3.63, 3.8) is 0 Å². The van der Waals surface area contributed by atoms with Gasteiger partial charge in [-0.1, -0.05) is 0 Å². The number of phenolic OH excluding ortho intramolecular Hbond substituents is 2. The molecule has 1 aromatic rings. The molecule has 4 nitrogen and oxygen atoms in total. The van der Waals surface area contributed by atoms with Gasteiger partial charge in [0.05, 0.1) is 0 Å². The lowest BCUT2D eigenvalue weighted by Crippen LogP contribution is -2.14. The molecule has 1 atom stereocenters. The van der Waals surface area contributed by atoms with Gasteiger partial charge in [-0.3, -0.25) is 9.79 Å². The van der Waals surface area contributed by atoms with Crippen LogP contribution in [-0.2, 0) is 4.79 Å². The van der Waals surface area contributed by atoms with Crippen LogP contribution in [0.2, 0.25) is 0 Å². The summed E-state index contributed by atoms with van der Waals surface area (Å²) in [7, 11) is 0. The lowest BCUT2D eigenvalue weighted by atomic mass is 10.2. The maximum Gasteiger partial charge on any atom is 0.155 e. The number of thioether (sulfide) groups is 1. The molecule has 0 amide bonds. The Balaban J connectivity index is 2.32. The zero-order valence-electron chi connectivity index (χ0n) is 8.67. The van der Waals surface area contributed by atoms with Gasteiger partial charge in [-0.05, 0) is 19.1 Å². The second-order valence-electron chi connectivity index (χ2n) is 3.57. The van der Waals surface area contributed by atoms with Gasteiger partial charge in [-0.25, -0.2) is 0 Å². The second-order valence-corrected chi connectivity index (χ2v) is 4.58. The van der Waals surface area contributed by atoms with Crippen LogP contribution in [0.15, 0.2) is 23.2 Å². The highest BCUT2D eigenvalue weighted by Crippen LogP contribution is 2.30. The van der Waals surface area contributed by atoms with Crippen molar-refractivity contribution in [2.75, 3.05) is 5.75 Å². The lowest BCUT2D eigenvalue weighted by molar-refractivity contribution is -0.117. The zero-order valence-corrected chi connectivity index (χ0v) is 9.49.